The number of aromatic nitrogens is 1. The highest BCUT2D eigenvalue weighted by Crippen LogP contribution is 2.19. The summed E-state index contributed by atoms with van der Waals surface area (Å²) in [5.74, 6) is 0.650. The average Bonchev–Trinajstić information content (AvgIpc) is 2.52. The number of para-hydroxylation sites is 2. The van der Waals surface area contributed by atoms with E-state index in [1.807, 2.05) is 36.4 Å². The van der Waals surface area contributed by atoms with E-state index < -0.39 is 0 Å². The van der Waals surface area contributed by atoms with Gasteiger partial charge in [-0.2, -0.15) is 0 Å². The molecule has 0 saturated carbocycles. The zero-order valence-corrected chi connectivity index (χ0v) is 11.8. The fraction of sp³-hybridized carbons (Fsp3) is 0.250. The van der Waals surface area contributed by atoms with E-state index in [0.29, 0.717) is 37.4 Å². The molecule has 1 heterocycles. The molecule has 1 aromatic carbocycles. The number of hydrogen-bond acceptors (Lipinski definition) is 4. The third-order valence-corrected chi connectivity index (χ3v) is 2.92. The first-order chi connectivity index (χ1) is 10.3. The predicted molar refractivity (Wildman–Crippen MR) is 81.7 cm³/mol. The van der Waals surface area contributed by atoms with Crippen LogP contribution in [0.3, 0.4) is 0 Å². The Kier molecular flexibility index (Phi) is 5.58. The van der Waals surface area contributed by atoms with Gasteiger partial charge in [0.05, 0.1) is 24.5 Å². The molecule has 0 atom stereocenters. The molecule has 0 aliphatic rings. The molecule has 3 N–H and O–H groups in total. The molecule has 21 heavy (non-hydrogen) atoms. The van der Waals surface area contributed by atoms with Crippen LogP contribution in [0.1, 0.15) is 18.5 Å². The minimum absolute atomic E-state index is 0.00899. The number of carbonyl (C=O) groups excluding carboxylic acids is 1. The molecule has 0 bridgehead atoms. The van der Waals surface area contributed by atoms with Crippen LogP contribution < -0.4 is 15.8 Å². The molecule has 5 nitrogen and oxygen atoms in total. The SMILES string of the molecule is Nc1ccccc1OCCCC(=O)NCc1ccccn1. The van der Waals surface area contributed by atoms with Crippen LogP contribution in [0.2, 0.25) is 0 Å². The Morgan fingerprint density at radius 2 is 2.00 bits per heavy atom. The number of pyridine rings is 1. The van der Waals surface area contributed by atoms with Gasteiger partial charge in [0.15, 0.2) is 0 Å². The van der Waals surface area contributed by atoms with E-state index in [1.54, 1.807) is 12.3 Å². The lowest BCUT2D eigenvalue weighted by Gasteiger charge is -2.08. The molecule has 1 aromatic heterocycles. The number of anilines is 1. The highest BCUT2D eigenvalue weighted by molar-refractivity contribution is 5.75. The monoisotopic (exact) mass is 285 g/mol. The van der Waals surface area contributed by atoms with Crippen LogP contribution in [0.4, 0.5) is 5.69 Å². The summed E-state index contributed by atoms with van der Waals surface area (Å²) in [7, 11) is 0. The molecule has 2 rings (SSSR count). The lowest BCUT2D eigenvalue weighted by Crippen LogP contribution is -2.23. The molecule has 0 fully saturated rings. The van der Waals surface area contributed by atoms with E-state index in [4.69, 9.17) is 10.5 Å². The van der Waals surface area contributed by atoms with E-state index in [-0.39, 0.29) is 5.91 Å². The number of benzene rings is 1. The van der Waals surface area contributed by atoms with Crippen LogP contribution in [0, 0.1) is 0 Å². The van der Waals surface area contributed by atoms with Gasteiger partial charge in [0, 0.05) is 12.6 Å². The van der Waals surface area contributed by atoms with Gasteiger partial charge >= 0.3 is 0 Å². The Balaban J connectivity index is 1.62. The van der Waals surface area contributed by atoms with E-state index >= 15 is 0 Å². The number of ether oxygens (including phenoxy) is 1. The summed E-state index contributed by atoms with van der Waals surface area (Å²) in [5, 5.41) is 2.83. The molecule has 1 amide bonds. The highest BCUT2D eigenvalue weighted by atomic mass is 16.5. The molecule has 0 spiro atoms. The van der Waals surface area contributed by atoms with E-state index in [9.17, 15) is 4.79 Å². The maximum absolute atomic E-state index is 11.7. The lowest BCUT2D eigenvalue weighted by atomic mass is 10.3. The first kappa shape index (κ1) is 14.8. The fourth-order valence-electron chi connectivity index (χ4n) is 1.81. The smallest absolute Gasteiger partial charge is 0.220 e. The van der Waals surface area contributed by atoms with Gasteiger partial charge in [0.1, 0.15) is 5.75 Å². The van der Waals surface area contributed by atoms with Crippen LogP contribution in [-0.4, -0.2) is 17.5 Å². The lowest BCUT2D eigenvalue weighted by molar-refractivity contribution is -0.121. The van der Waals surface area contributed by atoms with Crippen molar-refractivity contribution in [2.45, 2.75) is 19.4 Å². The van der Waals surface area contributed by atoms with Crippen LogP contribution in [0.5, 0.6) is 5.75 Å². The second-order valence-corrected chi connectivity index (χ2v) is 4.59. The summed E-state index contributed by atoms with van der Waals surface area (Å²) in [4.78, 5) is 15.8. The van der Waals surface area contributed by atoms with Gasteiger partial charge in [-0.15, -0.1) is 0 Å². The third kappa shape index (κ3) is 5.14. The maximum Gasteiger partial charge on any atom is 0.220 e. The Bertz CT molecular complexity index is 573. The fourth-order valence-corrected chi connectivity index (χ4v) is 1.81. The van der Waals surface area contributed by atoms with E-state index in [1.165, 1.54) is 0 Å². The summed E-state index contributed by atoms with van der Waals surface area (Å²) in [6, 6.07) is 12.9. The summed E-state index contributed by atoms with van der Waals surface area (Å²) in [5.41, 5.74) is 7.22. The molecule has 0 radical (unpaired) electrons. The average molecular weight is 285 g/mol. The molecule has 5 heteroatoms. The number of rotatable bonds is 7. The van der Waals surface area contributed by atoms with Gasteiger partial charge in [-0.25, -0.2) is 0 Å². The number of nitrogens with zero attached hydrogens (tertiary/aromatic N) is 1. The zero-order chi connectivity index (χ0) is 14.9. The van der Waals surface area contributed by atoms with Gasteiger partial charge in [0.25, 0.3) is 0 Å². The number of hydrogen-bond donors (Lipinski definition) is 2. The highest BCUT2D eigenvalue weighted by Gasteiger charge is 2.03. The van der Waals surface area contributed by atoms with Crippen molar-refractivity contribution in [3.63, 3.8) is 0 Å². The van der Waals surface area contributed by atoms with Crippen molar-refractivity contribution in [1.82, 2.24) is 10.3 Å². The molecule has 110 valence electrons. The minimum atomic E-state index is -0.00899. The zero-order valence-electron chi connectivity index (χ0n) is 11.8. The van der Waals surface area contributed by atoms with E-state index in [0.717, 1.165) is 5.69 Å². The first-order valence-electron chi connectivity index (χ1n) is 6.89. The maximum atomic E-state index is 11.7. The quantitative estimate of drug-likeness (QED) is 0.603. The standard InChI is InChI=1S/C16H19N3O2/c17-14-7-1-2-8-15(14)21-11-5-9-16(20)19-12-13-6-3-4-10-18-13/h1-4,6-8,10H,5,9,11-12,17H2,(H,19,20). The second-order valence-electron chi connectivity index (χ2n) is 4.59. The first-order valence-corrected chi connectivity index (χ1v) is 6.89. The molecule has 0 unspecified atom stereocenters. The summed E-state index contributed by atoms with van der Waals surface area (Å²) < 4.78 is 5.53. The Morgan fingerprint density at radius 3 is 2.76 bits per heavy atom. The normalized spacial score (nSPS) is 10.1. The topological polar surface area (TPSA) is 77.2 Å². The molecular formula is C16H19N3O2. The Labute approximate surface area is 124 Å². The van der Waals surface area contributed by atoms with Gasteiger partial charge in [0.2, 0.25) is 5.91 Å². The molecule has 0 aliphatic heterocycles. The molecule has 0 saturated heterocycles. The summed E-state index contributed by atoms with van der Waals surface area (Å²) in [6.45, 7) is 0.914. The van der Waals surface area contributed by atoms with Crippen molar-refractivity contribution in [2.24, 2.45) is 0 Å². The molecule has 0 aliphatic carbocycles. The van der Waals surface area contributed by atoms with Crippen molar-refractivity contribution in [1.29, 1.82) is 0 Å². The predicted octanol–water partition coefficient (Wildman–Crippen LogP) is 2.14. The largest absolute Gasteiger partial charge is 0.491 e. The number of amides is 1. The van der Waals surface area contributed by atoms with Crippen LogP contribution in [0.25, 0.3) is 0 Å². The number of nitrogens with two attached hydrogens (primary N) is 1. The van der Waals surface area contributed by atoms with Crippen LogP contribution >= 0.6 is 0 Å². The minimum Gasteiger partial charge on any atom is -0.491 e. The molecule has 2 aromatic rings. The van der Waals surface area contributed by atoms with Crippen molar-refractivity contribution in [2.75, 3.05) is 12.3 Å². The number of nitrogen functional groups attached to an aromatic ring is 1. The van der Waals surface area contributed by atoms with Gasteiger partial charge in [-0.1, -0.05) is 18.2 Å². The Morgan fingerprint density at radius 1 is 1.19 bits per heavy atom. The van der Waals surface area contributed by atoms with Crippen LogP contribution in [0.15, 0.2) is 48.7 Å². The third-order valence-electron chi connectivity index (χ3n) is 2.92. The van der Waals surface area contributed by atoms with Gasteiger partial charge in [-0.3, -0.25) is 9.78 Å². The Hall–Kier alpha value is -2.56. The number of carbonyl (C=O) groups is 1. The van der Waals surface area contributed by atoms with Crippen LogP contribution in [-0.2, 0) is 11.3 Å². The van der Waals surface area contributed by atoms with E-state index in [2.05, 4.69) is 10.3 Å². The van der Waals surface area contributed by atoms with Crippen molar-refractivity contribution in [3.05, 3.63) is 54.4 Å². The van der Waals surface area contributed by atoms with Gasteiger partial charge in [-0.05, 0) is 30.7 Å². The summed E-state index contributed by atoms with van der Waals surface area (Å²) >= 11 is 0. The van der Waals surface area contributed by atoms with Crippen molar-refractivity contribution >= 4 is 11.6 Å². The summed E-state index contributed by atoms with van der Waals surface area (Å²) in [6.07, 6.45) is 2.77. The van der Waals surface area contributed by atoms with Gasteiger partial charge < -0.3 is 15.8 Å². The number of nitrogens with one attached hydrogen (secondary N) is 1. The second kappa shape index (κ2) is 7.89. The van der Waals surface area contributed by atoms with Crippen molar-refractivity contribution in [3.8, 4) is 5.75 Å². The molecular weight excluding hydrogens is 266 g/mol. The van der Waals surface area contributed by atoms with Crippen molar-refractivity contribution < 1.29 is 9.53 Å².